The summed E-state index contributed by atoms with van der Waals surface area (Å²) in [4.78, 5) is 23.3. The number of cyclic esters (lactones) is 1. The molecule has 20 heavy (non-hydrogen) atoms. The highest BCUT2D eigenvalue weighted by molar-refractivity contribution is 5.92. The Hall–Kier alpha value is -1.42. The Kier molecular flexibility index (Phi) is 4.14. The van der Waals surface area contributed by atoms with Crippen LogP contribution in [0.15, 0.2) is 23.3 Å². The Labute approximate surface area is 119 Å². The average molecular weight is 278 g/mol. The summed E-state index contributed by atoms with van der Waals surface area (Å²) in [6.45, 7) is 6.28. The van der Waals surface area contributed by atoms with Crippen LogP contribution < -0.4 is 0 Å². The lowest BCUT2D eigenvalue weighted by atomic mass is 9.64. The van der Waals surface area contributed by atoms with E-state index >= 15 is 0 Å². The Morgan fingerprint density at radius 2 is 2.15 bits per heavy atom. The molecule has 0 fully saturated rings. The highest BCUT2D eigenvalue weighted by Crippen LogP contribution is 2.45. The van der Waals surface area contributed by atoms with Crippen molar-refractivity contribution in [3.8, 4) is 0 Å². The van der Waals surface area contributed by atoms with Crippen molar-refractivity contribution in [2.45, 2.75) is 46.3 Å². The van der Waals surface area contributed by atoms with Crippen molar-refractivity contribution in [3.63, 3.8) is 0 Å². The third kappa shape index (κ3) is 2.70. The molecule has 0 aromatic rings. The molecule has 0 aromatic carbocycles. The summed E-state index contributed by atoms with van der Waals surface area (Å²) in [7, 11) is 1.51. The highest BCUT2D eigenvalue weighted by Gasteiger charge is 2.38. The molecule has 0 radical (unpaired) electrons. The van der Waals surface area contributed by atoms with Crippen LogP contribution in [-0.2, 0) is 19.1 Å². The summed E-state index contributed by atoms with van der Waals surface area (Å²) in [5.41, 5.74) is 1.74. The van der Waals surface area contributed by atoms with E-state index in [1.54, 1.807) is 12.2 Å². The van der Waals surface area contributed by atoms with Crippen molar-refractivity contribution < 1.29 is 19.1 Å². The number of ketones is 1. The molecule has 0 amide bonds. The second-order valence-corrected chi connectivity index (χ2v) is 6.02. The minimum atomic E-state index is -0.549. The van der Waals surface area contributed by atoms with Gasteiger partial charge in [0, 0.05) is 19.1 Å². The Morgan fingerprint density at radius 1 is 1.45 bits per heavy atom. The Morgan fingerprint density at radius 3 is 2.70 bits per heavy atom. The Balaban J connectivity index is 2.08. The molecule has 0 bridgehead atoms. The summed E-state index contributed by atoms with van der Waals surface area (Å²) < 4.78 is 10.1. The third-order valence-corrected chi connectivity index (χ3v) is 4.84. The van der Waals surface area contributed by atoms with Gasteiger partial charge in [-0.2, -0.15) is 0 Å². The fourth-order valence-electron chi connectivity index (χ4n) is 2.97. The van der Waals surface area contributed by atoms with Crippen LogP contribution in [0.5, 0.6) is 0 Å². The van der Waals surface area contributed by atoms with E-state index in [1.807, 2.05) is 6.92 Å². The zero-order chi connectivity index (χ0) is 14.9. The molecular formula is C16H22O4. The van der Waals surface area contributed by atoms with E-state index in [0.717, 1.165) is 12.0 Å². The molecule has 3 unspecified atom stereocenters. The largest absolute Gasteiger partial charge is 0.429 e. The first kappa shape index (κ1) is 15.0. The smallest absolute Gasteiger partial charge is 0.336 e. The van der Waals surface area contributed by atoms with Gasteiger partial charge in [-0.3, -0.25) is 4.79 Å². The minimum Gasteiger partial charge on any atom is -0.429 e. The van der Waals surface area contributed by atoms with Crippen LogP contribution in [0.4, 0.5) is 0 Å². The number of ether oxygens (including phenoxy) is 2. The van der Waals surface area contributed by atoms with Gasteiger partial charge in [0.25, 0.3) is 0 Å². The number of methoxy groups -OCH3 is 1. The molecule has 0 spiro atoms. The molecule has 4 heteroatoms. The monoisotopic (exact) mass is 278 g/mol. The lowest BCUT2D eigenvalue weighted by molar-refractivity contribution is -0.155. The molecule has 1 heterocycles. The van der Waals surface area contributed by atoms with Gasteiger partial charge in [0.2, 0.25) is 6.29 Å². The van der Waals surface area contributed by atoms with E-state index in [1.165, 1.54) is 7.11 Å². The fourth-order valence-corrected chi connectivity index (χ4v) is 2.97. The molecule has 1 aliphatic heterocycles. The van der Waals surface area contributed by atoms with Gasteiger partial charge in [-0.15, -0.1) is 0 Å². The van der Waals surface area contributed by atoms with Gasteiger partial charge in [0.15, 0.2) is 5.78 Å². The van der Waals surface area contributed by atoms with Crippen LogP contribution >= 0.6 is 0 Å². The van der Waals surface area contributed by atoms with Crippen LogP contribution in [0.3, 0.4) is 0 Å². The normalized spacial score (nSPS) is 33.8. The number of hydrogen-bond acceptors (Lipinski definition) is 4. The molecule has 0 aromatic heterocycles. The minimum absolute atomic E-state index is 0.0415. The van der Waals surface area contributed by atoms with Crippen molar-refractivity contribution in [2.75, 3.05) is 7.11 Å². The van der Waals surface area contributed by atoms with Crippen molar-refractivity contribution >= 4 is 11.8 Å². The van der Waals surface area contributed by atoms with E-state index in [4.69, 9.17) is 9.47 Å². The predicted molar refractivity (Wildman–Crippen MR) is 74.9 cm³/mol. The second-order valence-electron chi connectivity index (χ2n) is 6.02. The fraction of sp³-hybridized carbons (Fsp3) is 0.625. The van der Waals surface area contributed by atoms with Gasteiger partial charge in [0.05, 0.1) is 0 Å². The molecule has 4 nitrogen and oxygen atoms in total. The quantitative estimate of drug-likeness (QED) is 0.742. The zero-order valence-electron chi connectivity index (χ0n) is 12.6. The van der Waals surface area contributed by atoms with Gasteiger partial charge < -0.3 is 9.47 Å². The topological polar surface area (TPSA) is 52.6 Å². The van der Waals surface area contributed by atoms with Gasteiger partial charge >= 0.3 is 5.97 Å². The van der Waals surface area contributed by atoms with E-state index in [-0.39, 0.29) is 23.1 Å². The molecule has 2 aliphatic rings. The second kappa shape index (κ2) is 5.52. The van der Waals surface area contributed by atoms with Crippen molar-refractivity contribution in [1.29, 1.82) is 0 Å². The van der Waals surface area contributed by atoms with Gasteiger partial charge in [-0.1, -0.05) is 19.4 Å². The summed E-state index contributed by atoms with van der Waals surface area (Å²) in [5.74, 6) is 0.198. The van der Waals surface area contributed by atoms with Crippen LogP contribution in [0.1, 0.15) is 40.0 Å². The molecule has 110 valence electrons. The van der Waals surface area contributed by atoms with Gasteiger partial charge in [-0.05, 0) is 43.3 Å². The van der Waals surface area contributed by atoms with Gasteiger partial charge in [0.1, 0.15) is 0 Å². The predicted octanol–water partition coefficient (Wildman–Crippen LogP) is 2.78. The van der Waals surface area contributed by atoms with E-state index in [9.17, 15) is 9.59 Å². The van der Waals surface area contributed by atoms with E-state index in [0.29, 0.717) is 18.4 Å². The molecule has 0 saturated heterocycles. The summed E-state index contributed by atoms with van der Waals surface area (Å²) in [6.07, 6.45) is 5.01. The molecule has 3 atom stereocenters. The molecule has 2 rings (SSSR count). The third-order valence-electron chi connectivity index (χ3n) is 4.84. The van der Waals surface area contributed by atoms with Crippen molar-refractivity contribution in [3.05, 3.63) is 23.3 Å². The van der Waals surface area contributed by atoms with Crippen LogP contribution in [0, 0.1) is 11.3 Å². The average Bonchev–Trinajstić information content (AvgIpc) is 2.74. The van der Waals surface area contributed by atoms with E-state index in [2.05, 4.69) is 13.8 Å². The lowest BCUT2D eigenvalue weighted by Crippen LogP contribution is -2.32. The van der Waals surface area contributed by atoms with Gasteiger partial charge in [-0.25, -0.2) is 4.79 Å². The number of rotatable bonds is 4. The number of carbonyl (C=O) groups is 2. The lowest BCUT2D eigenvalue weighted by Gasteiger charge is -2.39. The van der Waals surface area contributed by atoms with Crippen LogP contribution in [0.25, 0.3) is 0 Å². The standard InChI is InChI=1S/C16H22O4/c1-10-7-13(17)8-11(2)16(10,3)6-5-12-9-14(19-4)20-15(12)18/h7,9,11,14H,5-6,8H2,1-4H3. The van der Waals surface area contributed by atoms with E-state index < -0.39 is 6.29 Å². The summed E-state index contributed by atoms with van der Waals surface area (Å²) in [5, 5.41) is 0. The first-order chi connectivity index (χ1) is 9.36. The molecule has 0 N–H and O–H groups in total. The molecular weight excluding hydrogens is 256 g/mol. The SMILES string of the molecule is COC1C=C(CCC2(C)C(C)=CC(=O)CC2C)C(=O)O1. The summed E-state index contributed by atoms with van der Waals surface area (Å²) in [6, 6.07) is 0. The summed E-state index contributed by atoms with van der Waals surface area (Å²) >= 11 is 0. The van der Waals surface area contributed by atoms with Crippen LogP contribution in [0.2, 0.25) is 0 Å². The number of hydrogen-bond donors (Lipinski definition) is 0. The number of carbonyl (C=O) groups excluding carboxylic acids is 2. The van der Waals surface area contributed by atoms with Crippen molar-refractivity contribution in [2.24, 2.45) is 11.3 Å². The maximum Gasteiger partial charge on any atom is 0.336 e. The number of allylic oxidation sites excluding steroid dienone is 2. The zero-order valence-corrected chi connectivity index (χ0v) is 12.6. The first-order valence-electron chi connectivity index (χ1n) is 7.03. The van der Waals surface area contributed by atoms with Crippen molar-refractivity contribution in [1.82, 2.24) is 0 Å². The van der Waals surface area contributed by atoms with Crippen LogP contribution in [-0.4, -0.2) is 25.2 Å². The molecule has 1 aliphatic carbocycles. The molecule has 0 saturated carbocycles. The Bertz CT molecular complexity index is 489. The number of esters is 1. The first-order valence-corrected chi connectivity index (χ1v) is 7.03. The highest BCUT2D eigenvalue weighted by atomic mass is 16.7. The maximum absolute atomic E-state index is 11.7. The maximum atomic E-state index is 11.7.